The molecule has 1 aromatic heterocycles. The third-order valence-electron chi connectivity index (χ3n) is 3.08. The van der Waals surface area contributed by atoms with Gasteiger partial charge in [0.05, 0.1) is 11.1 Å². The number of anilines is 2. The van der Waals surface area contributed by atoms with Gasteiger partial charge in [0, 0.05) is 11.9 Å². The van der Waals surface area contributed by atoms with E-state index >= 15 is 0 Å². The van der Waals surface area contributed by atoms with E-state index in [9.17, 15) is 18.0 Å². The van der Waals surface area contributed by atoms with Crippen molar-refractivity contribution >= 4 is 35.0 Å². The van der Waals surface area contributed by atoms with Crippen LogP contribution < -0.4 is 11.1 Å². The fraction of sp³-hybridized carbons (Fsp3) is 0.0625. The van der Waals surface area contributed by atoms with E-state index in [1.807, 2.05) is 36.4 Å². The second-order valence-corrected chi connectivity index (χ2v) is 4.85. The van der Waals surface area contributed by atoms with Gasteiger partial charge in [-0.3, -0.25) is 4.79 Å². The van der Waals surface area contributed by atoms with Crippen LogP contribution in [0.1, 0.15) is 11.1 Å². The van der Waals surface area contributed by atoms with Crippen LogP contribution >= 0.6 is 0 Å². The van der Waals surface area contributed by atoms with Crippen molar-refractivity contribution in [3.8, 4) is 0 Å². The lowest BCUT2D eigenvalue weighted by atomic mass is 10.0. The number of aliphatic carboxylic acids is 1. The summed E-state index contributed by atoms with van der Waals surface area (Å²) in [5.41, 5.74) is 8.66. The molecule has 0 bridgehead atoms. The monoisotopic (exact) mass is 351 g/mol. The highest BCUT2D eigenvalue weighted by atomic mass is 19.4. The fourth-order valence-electron chi connectivity index (χ4n) is 2.00. The molecule has 1 aliphatic rings. The van der Waals surface area contributed by atoms with Crippen LogP contribution in [0.2, 0.25) is 0 Å². The first-order valence-corrected chi connectivity index (χ1v) is 6.83. The van der Waals surface area contributed by atoms with Gasteiger partial charge in [0.2, 0.25) is 0 Å². The number of hydrogen-bond acceptors (Lipinski definition) is 4. The first kappa shape index (κ1) is 18.0. The molecule has 2 heterocycles. The van der Waals surface area contributed by atoms with E-state index in [1.165, 1.54) is 0 Å². The van der Waals surface area contributed by atoms with E-state index in [0.29, 0.717) is 22.6 Å². The maximum absolute atomic E-state index is 11.9. The van der Waals surface area contributed by atoms with Crippen LogP contribution in [0.25, 0.3) is 11.6 Å². The van der Waals surface area contributed by atoms with Crippen LogP contribution in [0.15, 0.2) is 42.6 Å². The Labute approximate surface area is 139 Å². The predicted molar refractivity (Wildman–Crippen MR) is 85.3 cm³/mol. The zero-order valence-corrected chi connectivity index (χ0v) is 12.5. The molecule has 2 aromatic rings. The molecule has 25 heavy (non-hydrogen) atoms. The normalized spacial score (nSPS) is 14.4. The van der Waals surface area contributed by atoms with Gasteiger partial charge in [-0.05, 0) is 17.7 Å². The Kier molecular flexibility index (Phi) is 5.06. The second-order valence-electron chi connectivity index (χ2n) is 4.85. The molecule has 6 nitrogen and oxygen atoms in total. The number of amides is 1. The Balaban J connectivity index is 0.000000277. The summed E-state index contributed by atoms with van der Waals surface area (Å²) in [6, 6.07) is 11.3. The largest absolute Gasteiger partial charge is 0.490 e. The van der Waals surface area contributed by atoms with Crippen molar-refractivity contribution in [2.45, 2.75) is 6.18 Å². The van der Waals surface area contributed by atoms with Crippen LogP contribution in [0.4, 0.5) is 24.7 Å². The van der Waals surface area contributed by atoms with Gasteiger partial charge in [0.1, 0.15) is 5.82 Å². The smallest absolute Gasteiger partial charge is 0.475 e. The van der Waals surface area contributed by atoms with Crippen LogP contribution in [-0.2, 0) is 9.59 Å². The predicted octanol–water partition coefficient (Wildman–Crippen LogP) is 2.79. The van der Waals surface area contributed by atoms with E-state index in [0.717, 1.165) is 5.56 Å². The highest BCUT2D eigenvalue weighted by molar-refractivity contribution is 6.35. The summed E-state index contributed by atoms with van der Waals surface area (Å²) in [5, 5.41) is 9.84. The number of carboxylic acids is 1. The molecular weight excluding hydrogens is 339 g/mol. The van der Waals surface area contributed by atoms with E-state index in [1.54, 1.807) is 12.3 Å². The molecule has 0 aliphatic carbocycles. The van der Waals surface area contributed by atoms with Crippen LogP contribution in [-0.4, -0.2) is 28.1 Å². The minimum absolute atomic E-state index is 0.167. The zero-order valence-electron chi connectivity index (χ0n) is 12.5. The number of aromatic nitrogens is 1. The number of nitrogens with two attached hydrogens (primary N) is 1. The lowest BCUT2D eigenvalue weighted by Gasteiger charge is -2.01. The zero-order chi connectivity index (χ0) is 18.6. The number of alkyl halides is 3. The molecule has 0 radical (unpaired) electrons. The molecule has 0 spiro atoms. The molecule has 0 saturated carbocycles. The van der Waals surface area contributed by atoms with Crippen molar-refractivity contribution in [1.29, 1.82) is 0 Å². The summed E-state index contributed by atoms with van der Waals surface area (Å²) < 4.78 is 31.7. The van der Waals surface area contributed by atoms with E-state index < -0.39 is 12.1 Å². The Morgan fingerprint density at radius 3 is 2.36 bits per heavy atom. The number of nitrogens with one attached hydrogen (secondary N) is 1. The molecular formula is C16H12F3N3O3. The topological polar surface area (TPSA) is 105 Å². The maximum atomic E-state index is 11.9. The number of carbonyl (C=O) groups is 2. The Bertz CT molecular complexity index is 834. The number of nitrogen functional groups attached to an aromatic ring is 1. The molecule has 0 fully saturated rings. The summed E-state index contributed by atoms with van der Waals surface area (Å²) >= 11 is 0. The van der Waals surface area contributed by atoms with E-state index in [4.69, 9.17) is 15.6 Å². The minimum Gasteiger partial charge on any atom is -0.475 e. The van der Waals surface area contributed by atoms with Gasteiger partial charge in [-0.15, -0.1) is 0 Å². The van der Waals surface area contributed by atoms with Crippen molar-refractivity contribution < 1.29 is 27.9 Å². The number of carbonyl (C=O) groups excluding carboxylic acids is 1. The summed E-state index contributed by atoms with van der Waals surface area (Å²) in [6.07, 6.45) is -1.68. The van der Waals surface area contributed by atoms with Crippen molar-refractivity contribution in [1.82, 2.24) is 4.98 Å². The second kappa shape index (κ2) is 7.04. The quantitative estimate of drug-likeness (QED) is 0.685. The number of hydrogen-bond donors (Lipinski definition) is 3. The van der Waals surface area contributed by atoms with Crippen molar-refractivity contribution in [2.75, 3.05) is 11.1 Å². The third kappa shape index (κ3) is 4.34. The molecule has 1 aromatic carbocycles. The first-order chi connectivity index (χ1) is 11.7. The van der Waals surface area contributed by atoms with E-state index in [-0.39, 0.29) is 5.91 Å². The van der Waals surface area contributed by atoms with Gasteiger partial charge in [-0.25, -0.2) is 9.78 Å². The maximum Gasteiger partial charge on any atom is 0.490 e. The molecule has 0 unspecified atom stereocenters. The molecule has 9 heteroatoms. The number of pyridine rings is 1. The van der Waals surface area contributed by atoms with Crippen molar-refractivity contribution in [3.63, 3.8) is 0 Å². The van der Waals surface area contributed by atoms with Gasteiger partial charge in [0.15, 0.2) is 0 Å². The number of fused-ring (bicyclic) bond motifs is 1. The minimum atomic E-state index is -5.08. The molecule has 130 valence electrons. The first-order valence-electron chi connectivity index (χ1n) is 6.83. The lowest BCUT2D eigenvalue weighted by Crippen LogP contribution is -2.21. The van der Waals surface area contributed by atoms with Gasteiger partial charge >= 0.3 is 12.1 Å². The van der Waals surface area contributed by atoms with Gasteiger partial charge < -0.3 is 16.2 Å². The number of nitrogens with zero attached hydrogens (tertiary/aromatic N) is 1. The van der Waals surface area contributed by atoms with Gasteiger partial charge in [-0.2, -0.15) is 13.2 Å². The van der Waals surface area contributed by atoms with Crippen LogP contribution in [0, 0.1) is 0 Å². The standard InChI is InChI=1S/C14H11N3O.C2HF3O2/c15-11-6-7-16-13-12(11)10(14(18)17-13)8-9-4-2-1-3-5-9;3-2(4,5)1(6)7/h1-8H,(H3,15,16,17,18);(H,6,7). The van der Waals surface area contributed by atoms with Gasteiger partial charge in [-0.1, -0.05) is 30.3 Å². The van der Waals surface area contributed by atoms with Crippen LogP contribution in [0.3, 0.4) is 0 Å². The Hall–Kier alpha value is -3.36. The number of rotatable bonds is 1. The average molecular weight is 351 g/mol. The highest BCUT2D eigenvalue weighted by Crippen LogP contribution is 2.35. The molecule has 0 atom stereocenters. The number of benzene rings is 1. The summed E-state index contributed by atoms with van der Waals surface area (Å²) in [7, 11) is 0. The molecule has 3 rings (SSSR count). The summed E-state index contributed by atoms with van der Waals surface area (Å²) in [6.45, 7) is 0. The third-order valence-corrected chi connectivity index (χ3v) is 3.08. The summed E-state index contributed by atoms with van der Waals surface area (Å²) in [5.74, 6) is -2.39. The molecule has 1 amide bonds. The highest BCUT2D eigenvalue weighted by Gasteiger charge is 2.38. The van der Waals surface area contributed by atoms with Crippen molar-refractivity contribution in [2.24, 2.45) is 0 Å². The average Bonchev–Trinajstić information content (AvgIpc) is 2.85. The van der Waals surface area contributed by atoms with Crippen LogP contribution in [0.5, 0.6) is 0 Å². The van der Waals surface area contributed by atoms with Gasteiger partial charge in [0.25, 0.3) is 5.91 Å². The van der Waals surface area contributed by atoms with Crippen molar-refractivity contribution in [3.05, 3.63) is 53.7 Å². The fourth-order valence-corrected chi connectivity index (χ4v) is 2.00. The Morgan fingerprint density at radius 2 is 1.80 bits per heavy atom. The summed E-state index contributed by atoms with van der Waals surface area (Å²) in [4.78, 5) is 24.9. The lowest BCUT2D eigenvalue weighted by molar-refractivity contribution is -0.192. The number of halogens is 3. The van der Waals surface area contributed by atoms with E-state index in [2.05, 4.69) is 10.3 Å². The Morgan fingerprint density at radius 1 is 1.20 bits per heavy atom. The molecule has 1 aliphatic heterocycles. The molecule has 0 saturated heterocycles. The SMILES string of the molecule is Nc1ccnc2c1C(=Cc1ccccc1)C(=O)N2.O=C(O)C(F)(F)F. The number of carboxylic acid groups (broad SMARTS) is 1. The molecule has 4 N–H and O–H groups in total.